The fourth-order valence-electron chi connectivity index (χ4n) is 4.38. The minimum absolute atomic E-state index is 0.103. The van der Waals surface area contributed by atoms with Crippen molar-refractivity contribution in [1.29, 1.82) is 0 Å². The first-order chi connectivity index (χ1) is 10.7. The normalized spacial score (nSPS) is 38.0. The number of hydrogen-bond acceptors (Lipinski definition) is 6. The van der Waals surface area contributed by atoms with Crippen LogP contribution in [0.25, 0.3) is 0 Å². The van der Waals surface area contributed by atoms with E-state index < -0.39 is 0 Å². The van der Waals surface area contributed by atoms with Crippen LogP contribution < -0.4 is 0 Å². The van der Waals surface area contributed by atoms with Crippen LogP contribution in [0.3, 0.4) is 0 Å². The van der Waals surface area contributed by atoms with Crippen LogP contribution in [-0.2, 0) is 18.9 Å². The molecule has 3 rings (SSSR count). The van der Waals surface area contributed by atoms with Gasteiger partial charge in [0.1, 0.15) is 6.10 Å². The molecule has 2 heterocycles. The van der Waals surface area contributed by atoms with Gasteiger partial charge < -0.3 is 18.9 Å². The first kappa shape index (κ1) is 16.0. The molecule has 1 saturated heterocycles. The van der Waals surface area contributed by atoms with Gasteiger partial charge in [-0.25, -0.2) is 0 Å². The predicted octanol–water partition coefficient (Wildman–Crippen LogP) is 1.78. The maximum Gasteiger partial charge on any atom is 0.385 e. The van der Waals surface area contributed by atoms with Crippen LogP contribution in [0.5, 0.6) is 0 Å². The summed E-state index contributed by atoms with van der Waals surface area (Å²) in [7, 11) is 3.54. The number of methoxy groups -OCH3 is 2. The summed E-state index contributed by atoms with van der Waals surface area (Å²) in [4.78, 5) is 7.42. The Morgan fingerprint density at radius 1 is 1.18 bits per heavy atom. The molecule has 0 spiro atoms. The average molecular weight is 312 g/mol. The summed E-state index contributed by atoms with van der Waals surface area (Å²) in [5, 5.41) is 0. The summed E-state index contributed by atoms with van der Waals surface area (Å²) in [5.41, 5.74) is -0.284. The molecule has 1 aliphatic carbocycles. The molecule has 0 bridgehead atoms. The van der Waals surface area contributed by atoms with Crippen molar-refractivity contribution in [3.05, 3.63) is 0 Å². The molecule has 6 heteroatoms. The maximum atomic E-state index is 6.00. The van der Waals surface area contributed by atoms with Gasteiger partial charge in [-0.2, -0.15) is 4.99 Å². The average Bonchev–Trinajstić information content (AvgIpc) is 3.13. The van der Waals surface area contributed by atoms with Crippen molar-refractivity contribution < 1.29 is 18.9 Å². The second kappa shape index (κ2) is 6.72. The summed E-state index contributed by atoms with van der Waals surface area (Å²) in [5.74, 6) is 0. The van der Waals surface area contributed by atoms with E-state index in [-0.39, 0.29) is 11.8 Å². The number of rotatable bonds is 6. The Labute approximate surface area is 132 Å². The van der Waals surface area contributed by atoms with E-state index in [2.05, 4.69) is 4.90 Å². The third kappa shape index (κ3) is 2.61. The molecule has 4 atom stereocenters. The Bertz CT molecular complexity index is 403. The molecule has 0 radical (unpaired) electrons. The standard InChI is InChI=1S/C16H28N2O4/c1-4-21-15-17-16(9-5-6-14(16)22-15)18-12(10-19-2)7-8-13(18)11-20-3/h12-14H,4-11H2,1-3H3/t12-,13-,14+,16+/m1/s1. The molecule has 0 N–H and O–H groups in total. The van der Waals surface area contributed by atoms with Crippen molar-refractivity contribution in [1.82, 2.24) is 4.90 Å². The molecule has 2 aliphatic heterocycles. The van der Waals surface area contributed by atoms with Crippen LogP contribution in [0.1, 0.15) is 39.0 Å². The third-order valence-corrected chi connectivity index (χ3v) is 5.11. The zero-order chi connectivity index (χ0) is 15.6. The van der Waals surface area contributed by atoms with Crippen molar-refractivity contribution in [3.63, 3.8) is 0 Å². The minimum Gasteiger partial charge on any atom is -0.451 e. The molecule has 0 aromatic rings. The van der Waals surface area contributed by atoms with Crippen molar-refractivity contribution in [2.24, 2.45) is 4.99 Å². The summed E-state index contributed by atoms with van der Waals surface area (Å²) in [6, 6.07) is 0.748. The van der Waals surface area contributed by atoms with Gasteiger partial charge in [0.25, 0.3) is 0 Å². The quantitative estimate of drug-likeness (QED) is 0.748. The number of nitrogens with zero attached hydrogens (tertiary/aromatic N) is 2. The van der Waals surface area contributed by atoms with Gasteiger partial charge in [0.15, 0.2) is 5.66 Å². The van der Waals surface area contributed by atoms with Crippen LogP contribution in [-0.4, -0.2) is 68.9 Å². The molecule has 22 heavy (non-hydrogen) atoms. The second-order valence-electron chi connectivity index (χ2n) is 6.39. The van der Waals surface area contributed by atoms with Gasteiger partial charge in [-0.15, -0.1) is 0 Å². The molecule has 0 amide bonds. The van der Waals surface area contributed by atoms with Crippen molar-refractivity contribution in [2.45, 2.75) is 62.9 Å². The summed E-state index contributed by atoms with van der Waals surface area (Å²) in [6.45, 7) is 4.01. The van der Waals surface area contributed by atoms with Crippen LogP contribution >= 0.6 is 0 Å². The zero-order valence-electron chi connectivity index (χ0n) is 13.9. The highest BCUT2D eigenvalue weighted by Crippen LogP contribution is 2.47. The summed E-state index contributed by atoms with van der Waals surface area (Å²) >= 11 is 0. The van der Waals surface area contributed by atoms with Gasteiger partial charge in [-0.3, -0.25) is 4.90 Å². The van der Waals surface area contributed by atoms with E-state index in [1.54, 1.807) is 14.2 Å². The lowest BCUT2D eigenvalue weighted by molar-refractivity contribution is -0.0444. The Balaban J connectivity index is 1.89. The minimum atomic E-state index is -0.284. The van der Waals surface area contributed by atoms with E-state index in [9.17, 15) is 0 Å². The van der Waals surface area contributed by atoms with Crippen LogP contribution in [0, 0.1) is 0 Å². The zero-order valence-corrected chi connectivity index (χ0v) is 13.9. The van der Waals surface area contributed by atoms with E-state index in [0.717, 1.165) is 45.3 Å². The van der Waals surface area contributed by atoms with Crippen molar-refractivity contribution in [2.75, 3.05) is 34.0 Å². The molecule has 3 aliphatic rings. The van der Waals surface area contributed by atoms with E-state index in [4.69, 9.17) is 23.9 Å². The Morgan fingerprint density at radius 3 is 2.45 bits per heavy atom. The van der Waals surface area contributed by atoms with Crippen LogP contribution in [0.4, 0.5) is 0 Å². The van der Waals surface area contributed by atoms with Gasteiger partial charge in [-0.1, -0.05) is 0 Å². The van der Waals surface area contributed by atoms with Crippen LogP contribution in [0.2, 0.25) is 0 Å². The lowest BCUT2D eigenvalue weighted by atomic mass is 10.0. The molecule has 126 valence electrons. The van der Waals surface area contributed by atoms with Gasteiger partial charge in [0.05, 0.1) is 19.8 Å². The number of ether oxygens (including phenoxy) is 4. The molecular weight excluding hydrogens is 284 g/mol. The van der Waals surface area contributed by atoms with E-state index in [1.807, 2.05) is 6.92 Å². The highest BCUT2D eigenvalue weighted by atomic mass is 16.7. The van der Waals surface area contributed by atoms with Gasteiger partial charge in [0, 0.05) is 26.3 Å². The maximum absolute atomic E-state index is 6.00. The summed E-state index contributed by atoms with van der Waals surface area (Å²) < 4.78 is 22.5. The van der Waals surface area contributed by atoms with Gasteiger partial charge in [-0.05, 0) is 39.0 Å². The third-order valence-electron chi connectivity index (χ3n) is 5.11. The van der Waals surface area contributed by atoms with E-state index in [0.29, 0.717) is 24.8 Å². The number of aliphatic imine (C=N–C) groups is 1. The van der Waals surface area contributed by atoms with E-state index >= 15 is 0 Å². The number of likely N-dealkylation sites (tertiary alicyclic amines) is 1. The number of fused-ring (bicyclic) bond motifs is 1. The first-order valence-electron chi connectivity index (χ1n) is 8.40. The fourth-order valence-corrected chi connectivity index (χ4v) is 4.38. The highest BCUT2D eigenvalue weighted by Gasteiger charge is 2.59. The Morgan fingerprint density at radius 2 is 1.86 bits per heavy atom. The molecule has 0 aromatic heterocycles. The highest BCUT2D eigenvalue weighted by molar-refractivity contribution is 5.70. The molecule has 6 nitrogen and oxygen atoms in total. The number of hydrogen-bond donors (Lipinski definition) is 0. The van der Waals surface area contributed by atoms with E-state index in [1.165, 1.54) is 0 Å². The topological polar surface area (TPSA) is 52.5 Å². The first-order valence-corrected chi connectivity index (χ1v) is 8.40. The molecular formula is C16H28N2O4. The fraction of sp³-hybridized carbons (Fsp3) is 0.938. The summed E-state index contributed by atoms with van der Waals surface area (Å²) in [6.07, 6.45) is 6.01. The lowest BCUT2D eigenvalue weighted by Gasteiger charge is -2.42. The predicted molar refractivity (Wildman–Crippen MR) is 82.9 cm³/mol. The Kier molecular flexibility index (Phi) is 4.90. The molecule has 0 unspecified atom stereocenters. The lowest BCUT2D eigenvalue weighted by Crippen LogP contribution is -2.58. The largest absolute Gasteiger partial charge is 0.451 e. The van der Waals surface area contributed by atoms with Gasteiger partial charge in [0.2, 0.25) is 0 Å². The molecule has 1 saturated carbocycles. The SMILES string of the molecule is CCOC1=N[C@]2(N3[C@@H](COC)CC[C@@H]3COC)CCC[C@@H]2O1. The van der Waals surface area contributed by atoms with Gasteiger partial charge >= 0.3 is 6.08 Å². The second-order valence-corrected chi connectivity index (χ2v) is 6.39. The van der Waals surface area contributed by atoms with Crippen molar-refractivity contribution in [3.8, 4) is 0 Å². The van der Waals surface area contributed by atoms with Crippen LogP contribution in [0.15, 0.2) is 4.99 Å². The Hall–Kier alpha value is -0.850. The smallest absolute Gasteiger partial charge is 0.385 e. The monoisotopic (exact) mass is 312 g/mol. The molecule has 0 aromatic carbocycles. The molecule has 2 fully saturated rings. The van der Waals surface area contributed by atoms with Crippen molar-refractivity contribution >= 4 is 6.08 Å².